The second-order valence-corrected chi connectivity index (χ2v) is 5.44. The highest BCUT2D eigenvalue weighted by atomic mass is 32.2. The number of nitrogens with one attached hydrogen (secondary N) is 2. The smallest absolute Gasteiger partial charge is 0.257 e. The van der Waals surface area contributed by atoms with E-state index in [2.05, 4.69) is 10.3 Å². The highest BCUT2D eigenvalue weighted by Crippen LogP contribution is 2.12. The number of aliphatic hydroxyl groups excluding tert-OH is 1. The lowest BCUT2D eigenvalue weighted by atomic mass is 10.2. The molecule has 1 aromatic heterocycles. The van der Waals surface area contributed by atoms with Crippen molar-refractivity contribution in [2.24, 2.45) is 0 Å². The third-order valence-corrected chi connectivity index (χ3v) is 3.83. The van der Waals surface area contributed by atoms with Crippen molar-refractivity contribution < 1.29 is 5.11 Å². The van der Waals surface area contributed by atoms with Crippen molar-refractivity contribution >= 4 is 28.4 Å². The molecule has 0 aliphatic heterocycles. The van der Waals surface area contributed by atoms with Crippen LogP contribution in [0.5, 0.6) is 0 Å². The Hall–Kier alpha value is -1.46. The molecule has 0 atom stereocenters. The number of fused-ring (bicyclic) bond motifs is 1. The molecular weight excluding hydrogens is 260 g/mol. The summed E-state index contributed by atoms with van der Waals surface area (Å²) < 4.78 is 0. The van der Waals surface area contributed by atoms with Crippen LogP contribution in [0.1, 0.15) is 6.42 Å². The van der Waals surface area contributed by atoms with Crippen molar-refractivity contribution in [2.75, 3.05) is 30.0 Å². The van der Waals surface area contributed by atoms with E-state index < -0.39 is 0 Å². The van der Waals surface area contributed by atoms with Crippen LogP contribution < -0.4 is 10.9 Å². The zero-order valence-corrected chi connectivity index (χ0v) is 11.5. The summed E-state index contributed by atoms with van der Waals surface area (Å²) in [6.07, 6.45) is 0.831. The lowest BCUT2D eigenvalue weighted by Crippen LogP contribution is -2.12. The molecule has 0 bridgehead atoms. The van der Waals surface area contributed by atoms with Gasteiger partial charge < -0.3 is 15.4 Å². The molecule has 0 fully saturated rings. The number of anilines is 1. The fraction of sp³-hybridized carbons (Fsp3) is 0.357. The van der Waals surface area contributed by atoms with Gasteiger partial charge in [0, 0.05) is 24.3 Å². The zero-order valence-electron chi connectivity index (χ0n) is 10.7. The predicted octanol–water partition coefficient (Wildman–Crippen LogP) is 2.06. The van der Waals surface area contributed by atoms with Crippen LogP contribution in [0.15, 0.2) is 35.1 Å². The molecular formula is C14H18N2O2S. The Labute approximate surface area is 116 Å². The first-order valence-corrected chi connectivity index (χ1v) is 7.51. The number of hydrogen-bond acceptors (Lipinski definition) is 4. The summed E-state index contributed by atoms with van der Waals surface area (Å²) in [5.74, 6) is 2.67. The second-order valence-electron chi connectivity index (χ2n) is 4.22. The van der Waals surface area contributed by atoms with Crippen LogP contribution in [0.3, 0.4) is 0 Å². The maximum absolute atomic E-state index is 11.8. The topological polar surface area (TPSA) is 65.1 Å². The van der Waals surface area contributed by atoms with Crippen molar-refractivity contribution in [2.45, 2.75) is 6.42 Å². The Kier molecular flexibility index (Phi) is 5.30. The summed E-state index contributed by atoms with van der Waals surface area (Å²) in [6.45, 7) is 1.04. The van der Waals surface area contributed by atoms with E-state index in [1.54, 1.807) is 11.8 Å². The van der Waals surface area contributed by atoms with Gasteiger partial charge >= 0.3 is 0 Å². The summed E-state index contributed by atoms with van der Waals surface area (Å²) >= 11 is 1.79. The SMILES string of the molecule is O=c1[nH]c(NCCSCCCO)cc2ccccc12. The standard InChI is InChI=1S/C14H18N2O2S/c17-7-3-8-19-9-6-15-13-10-11-4-1-2-5-12(11)14(18)16-13/h1-2,4-5,10,17H,3,6-9H2,(H2,15,16,18). The van der Waals surface area contributed by atoms with Gasteiger partial charge in [0.15, 0.2) is 0 Å². The number of aromatic amines is 1. The number of aromatic nitrogens is 1. The molecule has 102 valence electrons. The van der Waals surface area contributed by atoms with Crippen LogP contribution in [0.2, 0.25) is 0 Å². The fourth-order valence-electron chi connectivity index (χ4n) is 1.83. The number of rotatable bonds is 7. The van der Waals surface area contributed by atoms with E-state index in [4.69, 9.17) is 5.11 Å². The molecule has 0 saturated carbocycles. The summed E-state index contributed by atoms with van der Waals surface area (Å²) in [6, 6.07) is 9.50. The molecule has 4 nitrogen and oxygen atoms in total. The van der Waals surface area contributed by atoms with Crippen LogP contribution >= 0.6 is 11.8 Å². The van der Waals surface area contributed by atoms with E-state index in [0.29, 0.717) is 5.39 Å². The molecule has 0 spiro atoms. The van der Waals surface area contributed by atoms with Crippen LogP contribution in [0, 0.1) is 0 Å². The molecule has 1 heterocycles. The third-order valence-electron chi connectivity index (χ3n) is 2.76. The largest absolute Gasteiger partial charge is 0.396 e. The van der Waals surface area contributed by atoms with Crippen molar-refractivity contribution in [3.05, 3.63) is 40.7 Å². The van der Waals surface area contributed by atoms with Gasteiger partial charge in [-0.1, -0.05) is 18.2 Å². The van der Waals surface area contributed by atoms with Gasteiger partial charge in [-0.05, 0) is 29.7 Å². The first-order chi connectivity index (χ1) is 9.31. The van der Waals surface area contributed by atoms with Gasteiger partial charge in [-0.25, -0.2) is 0 Å². The van der Waals surface area contributed by atoms with Gasteiger partial charge in [-0.15, -0.1) is 0 Å². The lowest BCUT2D eigenvalue weighted by molar-refractivity contribution is 0.296. The Morgan fingerprint density at radius 2 is 2.11 bits per heavy atom. The van der Waals surface area contributed by atoms with Crippen molar-refractivity contribution in [3.8, 4) is 0 Å². The fourth-order valence-corrected chi connectivity index (χ4v) is 2.62. The number of hydrogen-bond donors (Lipinski definition) is 3. The van der Waals surface area contributed by atoms with E-state index in [1.807, 2.05) is 30.3 Å². The first kappa shape index (κ1) is 14.0. The Morgan fingerprint density at radius 3 is 2.95 bits per heavy atom. The molecule has 2 rings (SSSR count). The van der Waals surface area contributed by atoms with Crippen LogP contribution in [-0.4, -0.2) is 34.7 Å². The van der Waals surface area contributed by atoms with E-state index in [0.717, 1.165) is 35.7 Å². The summed E-state index contributed by atoms with van der Waals surface area (Å²) in [7, 11) is 0. The number of aliphatic hydroxyl groups is 1. The van der Waals surface area contributed by atoms with Gasteiger partial charge in [-0.2, -0.15) is 11.8 Å². The Balaban J connectivity index is 1.92. The molecule has 0 amide bonds. The summed E-state index contributed by atoms with van der Waals surface area (Å²) in [4.78, 5) is 14.7. The molecule has 0 aliphatic carbocycles. The minimum atomic E-state index is -0.0615. The van der Waals surface area contributed by atoms with E-state index in [1.165, 1.54) is 0 Å². The van der Waals surface area contributed by atoms with Gasteiger partial charge in [0.2, 0.25) is 0 Å². The molecule has 0 aliphatic rings. The molecule has 3 N–H and O–H groups in total. The number of thioether (sulfide) groups is 1. The average molecular weight is 278 g/mol. The van der Waals surface area contributed by atoms with Crippen molar-refractivity contribution in [3.63, 3.8) is 0 Å². The molecule has 1 aromatic carbocycles. The van der Waals surface area contributed by atoms with Crippen LogP contribution in [0.4, 0.5) is 5.82 Å². The maximum Gasteiger partial charge on any atom is 0.257 e. The number of pyridine rings is 1. The minimum absolute atomic E-state index is 0.0615. The molecule has 5 heteroatoms. The molecule has 2 aromatic rings. The predicted molar refractivity (Wildman–Crippen MR) is 82.1 cm³/mol. The van der Waals surface area contributed by atoms with Gasteiger partial charge in [0.1, 0.15) is 5.82 Å². The Bertz CT molecular complexity index is 583. The highest BCUT2D eigenvalue weighted by molar-refractivity contribution is 7.99. The van der Waals surface area contributed by atoms with Crippen molar-refractivity contribution in [1.29, 1.82) is 0 Å². The van der Waals surface area contributed by atoms with Gasteiger partial charge in [0.05, 0.1) is 0 Å². The minimum Gasteiger partial charge on any atom is -0.396 e. The molecule has 0 saturated heterocycles. The van der Waals surface area contributed by atoms with Gasteiger partial charge in [0.25, 0.3) is 5.56 Å². The third kappa shape index (κ3) is 4.01. The number of H-pyrrole nitrogens is 1. The summed E-state index contributed by atoms with van der Waals surface area (Å²) in [5.41, 5.74) is -0.0615. The van der Waals surface area contributed by atoms with Crippen molar-refractivity contribution in [1.82, 2.24) is 4.98 Å². The molecule has 19 heavy (non-hydrogen) atoms. The number of benzene rings is 1. The zero-order chi connectivity index (χ0) is 13.5. The maximum atomic E-state index is 11.8. The van der Waals surface area contributed by atoms with Gasteiger partial charge in [-0.3, -0.25) is 4.79 Å². The normalized spacial score (nSPS) is 10.8. The second kappa shape index (κ2) is 7.21. The molecule has 0 unspecified atom stereocenters. The quantitative estimate of drug-likeness (QED) is 0.678. The Morgan fingerprint density at radius 1 is 1.26 bits per heavy atom. The van der Waals surface area contributed by atoms with E-state index in [-0.39, 0.29) is 12.2 Å². The van der Waals surface area contributed by atoms with Crippen LogP contribution in [0.25, 0.3) is 10.8 Å². The lowest BCUT2D eigenvalue weighted by Gasteiger charge is -2.07. The monoisotopic (exact) mass is 278 g/mol. The van der Waals surface area contributed by atoms with E-state index >= 15 is 0 Å². The van der Waals surface area contributed by atoms with E-state index in [9.17, 15) is 4.79 Å². The average Bonchev–Trinajstić information content (AvgIpc) is 2.43. The summed E-state index contributed by atoms with van der Waals surface area (Å²) in [5, 5.41) is 13.5. The first-order valence-electron chi connectivity index (χ1n) is 6.36. The highest BCUT2D eigenvalue weighted by Gasteiger charge is 2.00. The van der Waals surface area contributed by atoms with Crippen LogP contribution in [-0.2, 0) is 0 Å². The molecule has 0 radical (unpaired) electrons.